The van der Waals surface area contributed by atoms with Crippen LogP contribution in [0.5, 0.6) is 0 Å². The third-order valence-corrected chi connectivity index (χ3v) is 4.30. The van der Waals surface area contributed by atoms with E-state index in [4.69, 9.17) is 4.74 Å². The molecule has 0 atom stereocenters. The van der Waals surface area contributed by atoms with E-state index in [9.17, 15) is 0 Å². The maximum Gasteiger partial charge on any atom is 0.178 e. The lowest BCUT2D eigenvalue weighted by atomic mass is 9.96. The van der Waals surface area contributed by atoms with E-state index in [0.29, 0.717) is 5.92 Å². The second-order valence-electron chi connectivity index (χ2n) is 6.02. The van der Waals surface area contributed by atoms with Crippen molar-refractivity contribution < 1.29 is 4.74 Å². The summed E-state index contributed by atoms with van der Waals surface area (Å²) in [5, 5.41) is 13.3. The highest BCUT2D eigenvalue weighted by Crippen LogP contribution is 2.27. The maximum atomic E-state index is 5.15. The van der Waals surface area contributed by atoms with Crippen LogP contribution in [0.3, 0.4) is 0 Å². The summed E-state index contributed by atoms with van der Waals surface area (Å²) in [5.41, 5.74) is 0.822. The van der Waals surface area contributed by atoms with E-state index in [-0.39, 0.29) is 0 Å². The molecule has 2 aromatic heterocycles. The lowest BCUT2D eigenvalue weighted by molar-refractivity contribution is 0.129. The number of methoxy groups -OCH3 is 1. The Hall–Kier alpha value is -1.73. The van der Waals surface area contributed by atoms with Gasteiger partial charge in [0.2, 0.25) is 0 Å². The van der Waals surface area contributed by atoms with E-state index in [1.54, 1.807) is 7.11 Å². The number of rotatable bonds is 5. The molecule has 0 amide bonds. The van der Waals surface area contributed by atoms with Gasteiger partial charge in [0, 0.05) is 33.7 Å². The van der Waals surface area contributed by atoms with Gasteiger partial charge in [-0.15, -0.1) is 15.3 Å². The van der Waals surface area contributed by atoms with Crippen LogP contribution in [-0.2, 0) is 4.74 Å². The molecule has 0 aliphatic carbocycles. The molecular formula is C15H24N6O. The lowest BCUT2D eigenvalue weighted by Crippen LogP contribution is -2.35. The van der Waals surface area contributed by atoms with Crippen molar-refractivity contribution in [2.45, 2.75) is 18.8 Å². The number of aromatic nitrogens is 4. The zero-order valence-corrected chi connectivity index (χ0v) is 13.6. The minimum Gasteiger partial charge on any atom is -0.383 e. The second-order valence-corrected chi connectivity index (χ2v) is 6.02. The molecule has 1 saturated heterocycles. The van der Waals surface area contributed by atoms with Gasteiger partial charge in [-0.25, -0.2) is 0 Å². The van der Waals surface area contributed by atoms with E-state index in [1.165, 1.54) is 0 Å². The monoisotopic (exact) mass is 304 g/mol. The molecule has 7 nitrogen and oxygen atoms in total. The highest BCUT2D eigenvalue weighted by atomic mass is 16.5. The molecule has 1 fully saturated rings. The van der Waals surface area contributed by atoms with Gasteiger partial charge in [0.15, 0.2) is 11.5 Å². The first-order chi connectivity index (χ1) is 10.7. The van der Waals surface area contributed by atoms with Gasteiger partial charge in [-0.2, -0.15) is 4.52 Å². The van der Waals surface area contributed by atoms with Gasteiger partial charge in [0.05, 0.1) is 6.61 Å². The molecule has 0 unspecified atom stereocenters. The quantitative estimate of drug-likeness (QED) is 0.822. The summed E-state index contributed by atoms with van der Waals surface area (Å²) in [5.74, 6) is 2.34. The molecule has 120 valence electrons. The predicted molar refractivity (Wildman–Crippen MR) is 85.4 cm³/mol. The third-order valence-electron chi connectivity index (χ3n) is 4.30. The van der Waals surface area contributed by atoms with Crippen molar-refractivity contribution in [1.82, 2.24) is 24.7 Å². The number of ether oxygens (including phenoxy) is 1. The molecule has 3 rings (SSSR count). The van der Waals surface area contributed by atoms with Crippen molar-refractivity contribution in [3.8, 4) is 0 Å². The third kappa shape index (κ3) is 3.05. The molecule has 1 aliphatic rings. The predicted octanol–water partition coefficient (Wildman–Crippen LogP) is 1.02. The zero-order chi connectivity index (χ0) is 15.5. The topological polar surface area (TPSA) is 58.8 Å². The van der Waals surface area contributed by atoms with Gasteiger partial charge in [0.1, 0.15) is 5.82 Å². The molecule has 0 bridgehead atoms. The first-order valence-electron chi connectivity index (χ1n) is 7.80. The molecule has 22 heavy (non-hydrogen) atoms. The number of piperidine rings is 1. The largest absolute Gasteiger partial charge is 0.383 e. The Morgan fingerprint density at radius 1 is 1.23 bits per heavy atom. The van der Waals surface area contributed by atoms with E-state index in [2.05, 4.69) is 20.2 Å². The molecule has 3 heterocycles. The molecule has 0 saturated carbocycles. The van der Waals surface area contributed by atoms with Gasteiger partial charge in [-0.1, -0.05) is 0 Å². The van der Waals surface area contributed by atoms with Crippen molar-refractivity contribution in [2.75, 3.05) is 52.3 Å². The number of likely N-dealkylation sites (tertiary alicyclic amines) is 1. The second kappa shape index (κ2) is 6.58. The average Bonchev–Trinajstić information content (AvgIpc) is 2.96. The van der Waals surface area contributed by atoms with E-state index in [0.717, 1.165) is 56.4 Å². The Bertz CT molecular complexity index is 618. The summed E-state index contributed by atoms with van der Waals surface area (Å²) in [7, 11) is 5.74. The minimum atomic E-state index is 0.429. The Balaban J connectivity index is 1.75. The van der Waals surface area contributed by atoms with Crippen molar-refractivity contribution in [1.29, 1.82) is 0 Å². The minimum absolute atomic E-state index is 0.429. The molecular weight excluding hydrogens is 280 g/mol. The van der Waals surface area contributed by atoms with Crippen molar-refractivity contribution in [3.63, 3.8) is 0 Å². The summed E-state index contributed by atoms with van der Waals surface area (Å²) in [6, 6.07) is 3.95. The summed E-state index contributed by atoms with van der Waals surface area (Å²) in [4.78, 5) is 4.44. The van der Waals surface area contributed by atoms with E-state index in [1.807, 2.05) is 35.6 Å². The summed E-state index contributed by atoms with van der Waals surface area (Å²) < 4.78 is 7.06. The van der Waals surface area contributed by atoms with Gasteiger partial charge in [-0.05, 0) is 38.1 Å². The number of hydrogen-bond donors (Lipinski definition) is 0. The van der Waals surface area contributed by atoms with Gasteiger partial charge in [-0.3, -0.25) is 0 Å². The standard InChI is InChI=1S/C15H24N6O/c1-19(2)14-5-4-13-16-17-15(21(13)18-14)12-6-8-20(9-7-12)10-11-22-3/h4-5,12H,6-11H2,1-3H3. The number of nitrogens with zero attached hydrogens (tertiary/aromatic N) is 6. The first-order valence-corrected chi connectivity index (χ1v) is 7.80. The van der Waals surface area contributed by atoms with E-state index < -0.39 is 0 Å². The molecule has 0 N–H and O–H groups in total. The van der Waals surface area contributed by atoms with Gasteiger partial charge < -0.3 is 14.5 Å². The van der Waals surface area contributed by atoms with Crippen LogP contribution in [0.2, 0.25) is 0 Å². The molecule has 2 aromatic rings. The van der Waals surface area contributed by atoms with Crippen LogP contribution in [-0.4, -0.2) is 72.2 Å². The molecule has 0 aromatic carbocycles. The Kier molecular flexibility index (Phi) is 4.54. The summed E-state index contributed by atoms with van der Waals surface area (Å²) >= 11 is 0. The number of fused-ring (bicyclic) bond motifs is 1. The Morgan fingerprint density at radius 3 is 2.68 bits per heavy atom. The van der Waals surface area contributed by atoms with Crippen LogP contribution >= 0.6 is 0 Å². The Morgan fingerprint density at radius 2 is 2.00 bits per heavy atom. The zero-order valence-electron chi connectivity index (χ0n) is 13.6. The molecule has 1 aliphatic heterocycles. The molecule has 7 heteroatoms. The normalized spacial score (nSPS) is 17.2. The number of hydrogen-bond acceptors (Lipinski definition) is 6. The van der Waals surface area contributed by atoms with Crippen LogP contribution < -0.4 is 4.90 Å². The fraction of sp³-hybridized carbons (Fsp3) is 0.667. The smallest absolute Gasteiger partial charge is 0.178 e. The fourth-order valence-corrected chi connectivity index (χ4v) is 2.92. The number of anilines is 1. The average molecular weight is 304 g/mol. The fourth-order valence-electron chi connectivity index (χ4n) is 2.92. The van der Waals surface area contributed by atoms with Crippen LogP contribution in [0, 0.1) is 0 Å². The highest BCUT2D eigenvalue weighted by Gasteiger charge is 2.25. The summed E-state index contributed by atoms with van der Waals surface area (Å²) in [6.07, 6.45) is 2.19. The van der Waals surface area contributed by atoms with E-state index >= 15 is 0 Å². The first kappa shape index (κ1) is 15.2. The summed E-state index contributed by atoms with van der Waals surface area (Å²) in [6.45, 7) is 3.96. The van der Waals surface area contributed by atoms with Crippen molar-refractivity contribution >= 4 is 11.5 Å². The van der Waals surface area contributed by atoms with Gasteiger partial charge in [0.25, 0.3) is 0 Å². The van der Waals surface area contributed by atoms with Crippen LogP contribution in [0.15, 0.2) is 12.1 Å². The van der Waals surface area contributed by atoms with Gasteiger partial charge >= 0.3 is 0 Å². The maximum absolute atomic E-state index is 5.15. The molecule has 0 spiro atoms. The lowest BCUT2D eigenvalue weighted by Gasteiger charge is -2.30. The van der Waals surface area contributed by atoms with Crippen LogP contribution in [0.4, 0.5) is 5.82 Å². The van der Waals surface area contributed by atoms with Crippen molar-refractivity contribution in [3.05, 3.63) is 18.0 Å². The van der Waals surface area contributed by atoms with Crippen LogP contribution in [0.25, 0.3) is 5.65 Å². The highest BCUT2D eigenvalue weighted by molar-refractivity contribution is 5.45. The Labute approximate surface area is 130 Å². The molecule has 0 radical (unpaired) electrons. The van der Waals surface area contributed by atoms with Crippen LogP contribution in [0.1, 0.15) is 24.6 Å². The van der Waals surface area contributed by atoms with Crippen molar-refractivity contribution in [2.24, 2.45) is 0 Å². The SMILES string of the molecule is COCCN1CCC(c2nnc3ccc(N(C)C)nn23)CC1.